The zero-order valence-electron chi connectivity index (χ0n) is 25.6. The van der Waals surface area contributed by atoms with Crippen molar-refractivity contribution >= 4 is 11.9 Å². The van der Waals surface area contributed by atoms with Crippen LogP contribution in [-0.2, 0) is 19.1 Å². The van der Waals surface area contributed by atoms with Gasteiger partial charge in [-0.2, -0.15) is 0 Å². The smallest absolute Gasteiger partial charge is 0.308 e. The number of allylic oxidation sites excluding steroid dienone is 4. The molecule has 5 nitrogen and oxygen atoms in total. The lowest BCUT2D eigenvalue weighted by molar-refractivity contribution is -0.153. The Morgan fingerprint density at radius 3 is 2.18 bits per heavy atom. The summed E-state index contributed by atoms with van der Waals surface area (Å²) in [5.41, 5.74) is 0. The first kappa shape index (κ1) is 35.2. The number of esters is 2. The molecule has 0 amide bonds. The fourth-order valence-electron chi connectivity index (χ4n) is 5.21. The summed E-state index contributed by atoms with van der Waals surface area (Å²) in [7, 11) is 0. The third kappa shape index (κ3) is 19.9. The molecule has 5 heteroatoms. The average molecular weight is 549 g/mol. The molecule has 1 rings (SSSR count). The molecule has 39 heavy (non-hydrogen) atoms. The van der Waals surface area contributed by atoms with Gasteiger partial charge in [-0.25, -0.2) is 0 Å². The molecule has 0 aromatic rings. The fraction of sp³-hybridized carbons (Fsp3) is 0.824. The van der Waals surface area contributed by atoms with E-state index in [1.165, 1.54) is 44.9 Å². The van der Waals surface area contributed by atoms with E-state index in [1.807, 2.05) is 13.0 Å². The molecular formula is C34H60O5. The van der Waals surface area contributed by atoms with E-state index in [4.69, 9.17) is 9.47 Å². The Morgan fingerprint density at radius 2 is 1.44 bits per heavy atom. The van der Waals surface area contributed by atoms with Gasteiger partial charge in [0.25, 0.3) is 0 Å². The molecule has 0 aromatic carbocycles. The van der Waals surface area contributed by atoms with E-state index in [9.17, 15) is 14.7 Å². The molecule has 0 spiro atoms. The zero-order chi connectivity index (χ0) is 28.6. The molecular weight excluding hydrogens is 488 g/mol. The largest absolute Gasteiger partial charge is 0.513 e. The van der Waals surface area contributed by atoms with Crippen LogP contribution < -0.4 is 0 Å². The topological polar surface area (TPSA) is 72.8 Å². The van der Waals surface area contributed by atoms with Gasteiger partial charge in [0.15, 0.2) is 0 Å². The summed E-state index contributed by atoms with van der Waals surface area (Å²) in [5.74, 6) is 1.17. The molecule has 1 atom stereocenters. The van der Waals surface area contributed by atoms with Crippen molar-refractivity contribution in [3.8, 4) is 0 Å². The molecule has 1 aliphatic carbocycles. The van der Waals surface area contributed by atoms with Gasteiger partial charge in [-0.1, -0.05) is 90.7 Å². The second-order valence-electron chi connectivity index (χ2n) is 11.8. The normalized spacial score (nSPS) is 18.8. The molecule has 0 heterocycles. The molecule has 226 valence electrons. The number of rotatable bonds is 23. The van der Waals surface area contributed by atoms with Crippen molar-refractivity contribution in [3.63, 3.8) is 0 Å². The number of carbonyl (C=O) groups is 2. The van der Waals surface area contributed by atoms with Gasteiger partial charge in [0.2, 0.25) is 0 Å². The van der Waals surface area contributed by atoms with Crippen LogP contribution in [0.25, 0.3) is 0 Å². The number of carbonyl (C=O) groups excluding carboxylic acids is 2. The number of ether oxygens (including phenoxy) is 2. The Morgan fingerprint density at radius 1 is 0.795 bits per heavy atom. The lowest BCUT2D eigenvalue weighted by Gasteiger charge is -2.27. The summed E-state index contributed by atoms with van der Waals surface area (Å²) in [6, 6.07) is 0. The van der Waals surface area contributed by atoms with E-state index in [2.05, 4.69) is 26.0 Å². The Hall–Kier alpha value is -1.78. The summed E-state index contributed by atoms with van der Waals surface area (Å²) < 4.78 is 11.0. The zero-order valence-corrected chi connectivity index (χ0v) is 25.6. The highest BCUT2D eigenvalue weighted by Gasteiger charge is 2.27. The van der Waals surface area contributed by atoms with Crippen LogP contribution in [0.5, 0.6) is 0 Å². The third-order valence-corrected chi connectivity index (χ3v) is 7.88. The fourth-order valence-corrected chi connectivity index (χ4v) is 5.21. The first-order valence-electron chi connectivity index (χ1n) is 16.3. The maximum atomic E-state index is 12.4. The second-order valence-corrected chi connectivity index (χ2v) is 11.8. The Balaban J connectivity index is 1.97. The SMILES string of the molecule is CCCCC/C(O)=C/C/C=C\CCCCCCCC(=O)OCC(C)COC(=O)C1CCC(CCCCC)CC1. The summed E-state index contributed by atoms with van der Waals surface area (Å²) in [5, 5.41) is 9.79. The highest BCUT2D eigenvalue weighted by atomic mass is 16.5. The lowest BCUT2D eigenvalue weighted by Crippen LogP contribution is -2.26. The Labute approximate surface area is 240 Å². The van der Waals surface area contributed by atoms with Crippen molar-refractivity contribution in [2.75, 3.05) is 13.2 Å². The number of hydrogen-bond acceptors (Lipinski definition) is 5. The lowest BCUT2D eigenvalue weighted by atomic mass is 9.80. The van der Waals surface area contributed by atoms with Gasteiger partial charge in [0, 0.05) is 18.8 Å². The molecule has 1 N–H and O–H groups in total. The van der Waals surface area contributed by atoms with Crippen LogP contribution in [0.2, 0.25) is 0 Å². The maximum absolute atomic E-state index is 12.4. The van der Waals surface area contributed by atoms with Gasteiger partial charge < -0.3 is 14.6 Å². The van der Waals surface area contributed by atoms with E-state index in [0.717, 1.165) is 83.0 Å². The van der Waals surface area contributed by atoms with E-state index in [0.29, 0.717) is 25.4 Å². The number of aliphatic hydroxyl groups excluding tert-OH is 1. The average Bonchev–Trinajstić information content (AvgIpc) is 2.94. The van der Waals surface area contributed by atoms with Crippen LogP contribution in [0, 0.1) is 17.8 Å². The van der Waals surface area contributed by atoms with Crippen LogP contribution >= 0.6 is 0 Å². The molecule has 1 unspecified atom stereocenters. The predicted molar refractivity (Wildman–Crippen MR) is 162 cm³/mol. The highest BCUT2D eigenvalue weighted by Crippen LogP contribution is 2.32. The van der Waals surface area contributed by atoms with Gasteiger partial charge in [-0.3, -0.25) is 9.59 Å². The van der Waals surface area contributed by atoms with Crippen molar-refractivity contribution in [3.05, 3.63) is 24.0 Å². The van der Waals surface area contributed by atoms with Gasteiger partial charge in [0.1, 0.15) is 0 Å². The first-order chi connectivity index (χ1) is 19.0. The second kappa shape index (κ2) is 24.1. The van der Waals surface area contributed by atoms with Crippen LogP contribution in [-0.4, -0.2) is 30.3 Å². The Bertz CT molecular complexity index is 675. The summed E-state index contributed by atoms with van der Waals surface area (Å²) in [4.78, 5) is 24.5. The maximum Gasteiger partial charge on any atom is 0.308 e. The minimum atomic E-state index is -0.150. The van der Waals surface area contributed by atoms with Gasteiger partial charge in [0.05, 0.1) is 24.9 Å². The predicted octanol–water partition coefficient (Wildman–Crippen LogP) is 9.79. The molecule has 0 aromatic heterocycles. The number of unbranched alkanes of at least 4 members (excludes halogenated alkanes) is 9. The van der Waals surface area contributed by atoms with Crippen LogP contribution in [0.4, 0.5) is 0 Å². The molecule has 0 aliphatic heterocycles. The van der Waals surface area contributed by atoms with Crippen LogP contribution in [0.15, 0.2) is 24.0 Å². The van der Waals surface area contributed by atoms with Crippen LogP contribution in [0.3, 0.4) is 0 Å². The molecule has 1 aliphatic rings. The van der Waals surface area contributed by atoms with Crippen molar-refractivity contribution in [1.29, 1.82) is 0 Å². The van der Waals surface area contributed by atoms with Gasteiger partial charge in [-0.05, 0) is 69.8 Å². The molecule has 1 saturated carbocycles. The standard InChI is InChI=1S/C34H60O5/c1-4-6-15-19-30-23-25-31(26-24-30)34(37)39-28-29(3)27-38-33(36)22-18-14-12-10-8-9-11-13-17-21-32(35)20-16-7-5-2/h11,13,21,29-31,35H,4-10,12,14-20,22-28H2,1-3H3/b13-11-,32-21-. The molecule has 0 saturated heterocycles. The third-order valence-electron chi connectivity index (χ3n) is 7.88. The summed E-state index contributed by atoms with van der Waals surface area (Å²) >= 11 is 0. The molecule has 1 fully saturated rings. The van der Waals surface area contributed by atoms with Crippen molar-refractivity contribution in [2.24, 2.45) is 17.8 Å². The Kier molecular flexibility index (Phi) is 21.7. The number of hydrogen-bond donors (Lipinski definition) is 1. The minimum absolute atomic E-state index is 0.0249. The number of aliphatic hydroxyl groups is 1. The summed E-state index contributed by atoms with van der Waals surface area (Å²) in [6.07, 6.45) is 27.6. The van der Waals surface area contributed by atoms with Crippen molar-refractivity contribution in [2.45, 2.75) is 149 Å². The summed E-state index contributed by atoms with van der Waals surface area (Å²) in [6.45, 7) is 7.01. The molecule has 0 radical (unpaired) electrons. The van der Waals surface area contributed by atoms with Gasteiger partial charge >= 0.3 is 11.9 Å². The highest BCUT2D eigenvalue weighted by molar-refractivity contribution is 5.72. The molecule has 0 bridgehead atoms. The first-order valence-corrected chi connectivity index (χ1v) is 16.3. The van der Waals surface area contributed by atoms with Crippen LogP contribution in [0.1, 0.15) is 149 Å². The van der Waals surface area contributed by atoms with Crippen molar-refractivity contribution < 1.29 is 24.2 Å². The van der Waals surface area contributed by atoms with E-state index >= 15 is 0 Å². The monoisotopic (exact) mass is 548 g/mol. The quantitative estimate of drug-likeness (QED) is 0.0595. The van der Waals surface area contributed by atoms with Gasteiger partial charge in [-0.15, -0.1) is 0 Å². The van der Waals surface area contributed by atoms with Crippen molar-refractivity contribution in [1.82, 2.24) is 0 Å². The van der Waals surface area contributed by atoms with E-state index in [-0.39, 0.29) is 23.8 Å². The minimum Gasteiger partial charge on any atom is -0.513 e. The van der Waals surface area contributed by atoms with E-state index < -0.39 is 0 Å². The van der Waals surface area contributed by atoms with E-state index in [1.54, 1.807) is 0 Å².